The molecule has 1 aliphatic rings. The molecule has 1 saturated heterocycles. The van der Waals surface area contributed by atoms with E-state index in [-0.39, 0.29) is 23.6 Å². The minimum absolute atomic E-state index is 0.0737. The molecular formula is C26H24ClN7O2. The highest BCUT2D eigenvalue weighted by molar-refractivity contribution is 6.29. The first-order chi connectivity index (χ1) is 17.6. The number of carbonyl (C=O) groups is 2. The van der Waals surface area contributed by atoms with Crippen LogP contribution in [-0.4, -0.2) is 62.1 Å². The Morgan fingerprint density at radius 1 is 1.25 bits per heavy atom. The summed E-state index contributed by atoms with van der Waals surface area (Å²) in [4.78, 5) is 34.6. The Kier molecular flexibility index (Phi) is 6.64. The predicted molar refractivity (Wildman–Crippen MR) is 141 cm³/mol. The maximum absolute atomic E-state index is 13.2. The number of alkyl halides is 1. The molecule has 0 radical (unpaired) electrons. The summed E-state index contributed by atoms with van der Waals surface area (Å²) < 4.78 is 0. The van der Waals surface area contributed by atoms with E-state index in [2.05, 4.69) is 31.5 Å². The molecule has 4 heterocycles. The average molecular weight is 502 g/mol. The zero-order valence-corrected chi connectivity index (χ0v) is 20.0. The fourth-order valence-corrected chi connectivity index (χ4v) is 4.66. The van der Waals surface area contributed by atoms with E-state index in [9.17, 15) is 9.59 Å². The van der Waals surface area contributed by atoms with Gasteiger partial charge in [-0.1, -0.05) is 6.07 Å². The summed E-state index contributed by atoms with van der Waals surface area (Å²) >= 11 is 5.57. The van der Waals surface area contributed by atoms with Gasteiger partial charge in [-0.2, -0.15) is 5.10 Å². The number of anilines is 1. The Bertz CT molecular complexity index is 1470. The van der Waals surface area contributed by atoms with Crippen LogP contribution in [0.5, 0.6) is 0 Å². The number of hydrogen-bond acceptors (Lipinski definition) is 5. The summed E-state index contributed by atoms with van der Waals surface area (Å²) in [5.41, 5.74) is 5.61. The predicted octanol–water partition coefficient (Wildman–Crippen LogP) is 4.42. The zero-order chi connectivity index (χ0) is 25.1. The van der Waals surface area contributed by atoms with E-state index in [0.717, 1.165) is 40.0 Å². The van der Waals surface area contributed by atoms with Crippen LogP contribution in [0.2, 0.25) is 0 Å². The zero-order valence-electron chi connectivity index (χ0n) is 19.3. The van der Waals surface area contributed by atoms with Crippen LogP contribution < -0.4 is 5.32 Å². The van der Waals surface area contributed by atoms with Crippen LogP contribution in [0, 0.1) is 5.41 Å². The third kappa shape index (κ3) is 4.65. The summed E-state index contributed by atoms with van der Waals surface area (Å²) in [5, 5.41) is 18.1. The molecule has 1 aromatic carbocycles. The third-order valence-corrected chi connectivity index (χ3v) is 6.54. The number of nitrogens with zero attached hydrogens (tertiary/aromatic N) is 3. The number of nitrogens with one attached hydrogen (secondary N) is 4. The monoisotopic (exact) mass is 501 g/mol. The molecule has 1 atom stereocenters. The van der Waals surface area contributed by atoms with E-state index < -0.39 is 0 Å². The summed E-state index contributed by atoms with van der Waals surface area (Å²) in [7, 11) is 0. The fourth-order valence-electron chi connectivity index (χ4n) is 4.59. The number of amides is 2. The number of allylic oxidation sites excluding steroid dienone is 1. The van der Waals surface area contributed by atoms with Gasteiger partial charge >= 0.3 is 0 Å². The third-order valence-electron chi connectivity index (χ3n) is 6.30. The van der Waals surface area contributed by atoms with Gasteiger partial charge in [0.1, 0.15) is 11.5 Å². The molecule has 1 unspecified atom stereocenters. The van der Waals surface area contributed by atoms with Crippen molar-refractivity contribution < 1.29 is 9.59 Å². The number of benzene rings is 1. The second-order valence-corrected chi connectivity index (χ2v) is 8.84. The van der Waals surface area contributed by atoms with Crippen molar-refractivity contribution in [1.82, 2.24) is 25.1 Å². The highest BCUT2D eigenvalue weighted by atomic mass is 35.5. The Morgan fingerprint density at radius 2 is 2.14 bits per heavy atom. The van der Waals surface area contributed by atoms with Crippen LogP contribution >= 0.6 is 11.6 Å². The number of carbonyl (C=O) groups excluding carboxylic acids is 2. The number of hydrogen-bond donors (Lipinski definition) is 4. The van der Waals surface area contributed by atoms with Crippen LogP contribution in [0.25, 0.3) is 28.2 Å². The van der Waals surface area contributed by atoms with Crippen LogP contribution in [0.4, 0.5) is 5.69 Å². The topological polar surface area (TPSA) is 131 Å². The first kappa shape index (κ1) is 23.5. The molecule has 182 valence electrons. The minimum Gasteiger partial charge on any atom is -0.343 e. The second kappa shape index (κ2) is 10.2. The molecule has 36 heavy (non-hydrogen) atoms. The number of aromatic amines is 2. The maximum atomic E-state index is 13.2. The van der Waals surface area contributed by atoms with Gasteiger partial charge in [0.15, 0.2) is 0 Å². The molecule has 0 spiro atoms. The van der Waals surface area contributed by atoms with Gasteiger partial charge in [-0.3, -0.25) is 14.7 Å². The summed E-state index contributed by atoms with van der Waals surface area (Å²) in [5.74, 6) is -0.384. The Morgan fingerprint density at radius 3 is 2.97 bits per heavy atom. The van der Waals surface area contributed by atoms with Gasteiger partial charge in [-0.15, -0.1) is 11.6 Å². The first-order valence-corrected chi connectivity index (χ1v) is 12.0. The van der Waals surface area contributed by atoms with E-state index in [1.807, 2.05) is 17.0 Å². The molecule has 1 fully saturated rings. The van der Waals surface area contributed by atoms with Gasteiger partial charge in [0.25, 0.3) is 5.91 Å². The van der Waals surface area contributed by atoms with Crippen molar-refractivity contribution in [2.24, 2.45) is 0 Å². The van der Waals surface area contributed by atoms with Crippen molar-refractivity contribution >= 4 is 52.4 Å². The minimum atomic E-state index is -0.317. The van der Waals surface area contributed by atoms with Crippen molar-refractivity contribution in [1.29, 1.82) is 5.41 Å². The maximum Gasteiger partial charge on any atom is 0.253 e. The van der Waals surface area contributed by atoms with Crippen LogP contribution in [0.3, 0.4) is 0 Å². The first-order valence-electron chi connectivity index (χ1n) is 11.5. The molecule has 5 rings (SSSR count). The van der Waals surface area contributed by atoms with Gasteiger partial charge in [0.05, 0.1) is 11.9 Å². The summed E-state index contributed by atoms with van der Waals surface area (Å²) in [6, 6.07) is 11.0. The molecule has 4 aromatic rings. The highest BCUT2D eigenvalue weighted by Gasteiger charge is 2.29. The van der Waals surface area contributed by atoms with Gasteiger partial charge < -0.3 is 20.6 Å². The lowest BCUT2D eigenvalue weighted by molar-refractivity contribution is -0.113. The number of rotatable bonds is 7. The van der Waals surface area contributed by atoms with Crippen molar-refractivity contribution in [3.63, 3.8) is 0 Å². The largest absolute Gasteiger partial charge is 0.343 e. The molecule has 4 N–H and O–H groups in total. The van der Waals surface area contributed by atoms with Crippen LogP contribution in [0.1, 0.15) is 34.1 Å². The average Bonchev–Trinajstić information content (AvgIpc) is 3.66. The molecule has 0 bridgehead atoms. The van der Waals surface area contributed by atoms with Crippen molar-refractivity contribution in [2.45, 2.75) is 12.3 Å². The van der Waals surface area contributed by atoms with Gasteiger partial charge in [-0.25, -0.2) is 4.98 Å². The number of aromatic nitrogens is 4. The number of likely N-dealkylation sites (tertiary alicyclic amines) is 1. The molecule has 0 aliphatic carbocycles. The van der Waals surface area contributed by atoms with Crippen LogP contribution in [0.15, 0.2) is 54.9 Å². The molecular weight excluding hydrogens is 478 g/mol. The lowest BCUT2D eigenvalue weighted by atomic mass is 10.0. The molecule has 0 saturated carbocycles. The van der Waals surface area contributed by atoms with Gasteiger partial charge in [-0.05, 0) is 54.5 Å². The molecule has 3 aromatic heterocycles. The molecule has 1 aliphatic heterocycles. The van der Waals surface area contributed by atoms with Crippen LogP contribution in [-0.2, 0) is 4.79 Å². The normalized spacial score (nSPS) is 15.6. The van der Waals surface area contributed by atoms with Crippen molar-refractivity contribution in [3.8, 4) is 11.1 Å². The Balaban J connectivity index is 1.36. The smallest absolute Gasteiger partial charge is 0.253 e. The number of pyridine rings is 1. The molecule has 10 heteroatoms. The Labute approximate surface area is 212 Å². The molecule has 2 amide bonds. The van der Waals surface area contributed by atoms with Crippen molar-refractivity contribution in [2.75, 3.05) is 24.3 Å². The summed E-state index contributed by atoms with van der Waals surface area (Å²) in [6.45, 7) is 1.22. The van der Waals surface area contributed by atoms with Gasteiger partial charge in [0, 0.05) is 59.3 Å². The lowest BCUT2D eigenvalue weighted by Gasteiger charge is -2.17. The SMILES string of the molecule is N=C/C=C\c1[nH]ncc1-c1ccnc2[nH]c(C3CCN(C(=O)c4cccc(NC(=O)CCl)c4)C3)cc12. The number of H-pyrrole nitrogens is 2. The lowest BCUT2D eigenvalue weighted by Crippen LogP contribution is -2.28. The number of fused-ring (bicyclic) bond motifs is 1. The fraction of sp³-hybridized carbons (Fsp3) is 0.192. The van der Waals surface area contributed by atoms with E-state index in [1.54, 1.807) is 42.7 Å². The van der Waals surface area contributed by atoms with E-state index in [1.165, 1.54) is 6.21 Å². The second-order valence-electron chi connectivity index (χ2n) is 8.57. The Hall–Kier alpha value is -4.24. The van der Waals surface area contributed by atoms with E-state index in [0.29, 0.717) is 24.3 Å². The van der Waals surface area contributed by atoms with Gasteiger partial charge in [0.2, 0.25) is 5.91 Å². The number of halogens is 1. The quantitative estimate of drug-likeness (QED) is 0.220. The summed E-state index contributed by atoms with van der Waals surface area (Å²) in [6.07, 6.45) is 9.03. The van der Waals surface area contributed by atoms with Crippen molar-refractivity contribution in [3.05, 3.63) is 71.8 Å². The molecule has 9 nitrogen and oxygen atoms in total. The van der Waals surface area contributed by atoms with E-state index in [4.69, 9.17) is 17.0 Å². The standard InChI is InChI=1S/C26H24ClN7O2/c27-13-24(35)31-18-4-1-3-16(11-18)26(36)34-10-7-17(15-34)23-12-20-19(6-9-29-25(20)32-23)21-14-30-33-22(21)5-2-8-28/h1-6,8-9,11-12,14,17,28H,7,10,13,15H2,(H,29,32)(H,30,33)(H,31,35)/b5-2-,28-8?. The van der Waals surface area contributed by atoms with E-state index >= 15 is 0 Å². The highest BCUT2D eigenvalue weighted by Crippen LogP contribution is 2.34.